The predicted octanol–water partition coefficient (Wildman–Crippen LogP) is 2.50. The van der Waals surface area contributed by atoms with Crippen LogP contribution in [-0.2, 0) is 9.59 Å². The van der Waals surface area contributed by atoms with Crippen LogP contribution in [0.15, 0.2) is 0 Å². The van der Waals surface area contributed by atoms with Crippen LogP contribution in [0.5, 0.6) is 0 Å². The average Bonchev–Trinajstić information content (AvgIpc) is 2.56. The number of likely N-dealkylation sites (tertiary alicyclic amines) is 1. The van der Waals surface area contributed by atoms with Gasteiger partial charge in [0.2, 0.25) is 5.91 Å². The minimum absolute atomic E-state index is 0.160. The van der Waals surface area contributed by atoms with E-state index in [1.54, 1.807) is 0 Å². The summed E-state index contributed by atoms with van der Waals surface area (Å²) in [6.45, 7) is 12.1. The van der Waals surface area contributed by atoms with Crippen LogP contribution in [0.1, 0.15) is 60.3 Å². The molecular weight excluding hydrogens is 292 g/mol. The van der Waals surface area contributed by atoms with Gasteiger partial charge in [-0.1, -0.05) is 34.6 Å². The highest BCUT2D eigenvalue weighted by molar-refractivity contribution is 5.84. The first-order valence-electron chi connectivity index (χ1n) is 8.76. The molecule has 0 spiro atoms. The first kappa shape index (κ1) is 18.2. The number of carboxylic acid groups (broad SMARTS) is 1. The number of fused-ring (bicyclic) bond motifs is 2. The van der Waals surface area contributed by atoms with Gasteiger partial charge in [0.25, 0.3) is 0 Å². The molecule has 0 aromatic rings. The van der Waals surface area contributed by atoms with Crippen molar-refractivity contribution in [1.29, 1.82) is 0 Å². The zero-order valence-corrected chi connectivity index (χ0v) is 15.2. The largest absolute Gasteiger partial charge is 0.480 e. The van der Waals surface area contributed by atoms with Crippen molar-refractivity contribution >= 4 is 11.9 Å². The molecule has 0 radical (unpaired) electrons. The van der Waals surface area contributed by atoms with E-state index in [-0.39, 0.29) is 17.2 Å². The molecule has 0 aromatic heterocycles. The summed E-state index contributed by atoms with van der Waals surface area (Å²) in [6, 6.07) is -0.334. The summed E-state index contributed by atoms with van der Waals surface area (Å²) in [5.74, 6) is -0.866. The molecule has 2 N–H and O–H groups in total. The molecule has 2 fully saturated rings. The highest BCUT2D eigenvalue weighted by Gasteiger charge is 2.49. The normalized spacial score (nSPS) is 31.1. The maximum Gasteiger partial charge on any atom is 0.326 e. The maximum atomic E-state index is 12.3. The fraction of sp³-hybridized carbons (Fsp3) is 0.889. The zero-order valence-electron chi connectivity index (χ0n) is 15.2. The Kier molecular flexibility index (Phi) is 5.09. The number of carbonyl (C=O) groups is 2. The number of nitrogens with zero attached hydrogens (tertiary/aromatic N) is 1. The smallest absolute Gasteiger partial charge is 0.326 e. The van der Waals surface area contributed by atoms with Crippen molar-refractivity contribution in [3.63, 3.8) is 0 Å². The number of nitrogens with one attached hydrogen (secondary N) is 1. The van der Waals surface area contributed by atoms with Crippen molar-refractivity contribution in [2.24, 2.45) is 16.7 Å². The molecule has 23 heavy (non-hydrogen) atoms. The molecule has 1 heterocycles. The van der Waals surface area contributed by atoms with Crippen molar-refractivity contribution in [2.45, 2.75) is 72.4 Å². The van der Waals surface area contributed by atoms with Crippen LogP contribution in [-0.4, -0.2) is 47.1 Å². The molecule has 1 amide bonds. The molecule has 2 bridgehead atoms. The Morgan fingerprint density at radius 1 is 1.26 bits per heavy atom. The number of aliphatic carboxylic acids is 1. The molecule has 2 rings (SSSR count). The molecule has 132 valence electrons. The molecule has 1 saturated heterocycles. The summed E-state index contributed by atoms with van der Waals surface area (Å²) >= 11 is 0. The zero-order chi connectivity index (χ0) is 17.4. The average molecular weight is 324 g/mol. The van der Waals surface area contributed by atoms with Crippen molar-refractivity contribution in [3.8, 4) is 0 Å². The number of carbonyl (C=O) groups excluding carboxylic acids is 1. The van der Waals surface area contributed by atoms with Gasteiger partial charge < -0.3 is 10.4 Å². The summed E-state index contributed by atoms with van der Waals surface area (Å²) in [7, 11) is 0. The lowest BCUT2D eigenvalue weighted by atomic mass is 9.65. The molecule has 0 aromatic carbocycles. The van der Waals surface area contributed by atoms with Gasteiger partial charge in [-0.05, 0) is 42.4 Å². The topological polar surface area (TPSA) is 69.6 Å². The van der Waals surface area contributed by atoms with Crippen LogP contribution in [0.2, 0.25) is 0 Å². The van der Waals surface area contributed by atoms with E-state index in [0.717, 1.165) is 19.4 Å². The summed E-state index contributed by atoms with van der Waals surface area (Å²) < 4.78 is 0. The number of hydrogen-bond acceptors (Lipinski definition) is 3. The Balaban J connectivity index is 1.94. The lowest BCUT2D eigenvalue weighted by Gasteiger charge is -2.39. The van der Waals surface area contributed by atoms with E-state index >= 15 is 0 Å². The van der Waals surface area contributed by atoms with Gasteiger partial charge in [0.05, 0.1) is 6.54 Å². The Morgan fingerprint density at radius 3 is 2.48 bits per heavy atom. The van der Waals surface area contributed by atoms with Gasteiger partial charge in [-0.25, -0.2) is 4.79 Å². The minimum Gasteiger partial charge on any atom is -0.480 e. The monoisotopic (exact) mass is 324 g/mol. The third-order valence-corrected chi connectivity index (χ3v) is 5.21. The van der Waals surface area contributed by atoms with E-state index in [1.807, 2.05) is 13.8 Å². The van der Waals surface area contributed by atoms with E-state index in [4.69, 9.17) is 0 Å². The van der Waals surface area contributed by atoms with Crippen LogP contribution < -0.4 is 5.32 Å². The van der Waals surface area contributed by atoms with Gasteiger partial charge in [0.1, 0.15) is 6.04 Å². The second-order valence-electron chi connectivity index (χ2n) is 9.21. The molecule has 1 saturated carbocycles. The van der Waals surface area contributed by atoms with Crippen LogP contribution in [0.25, 0.3) is 0 Å². The molecule has 1 aliphatic carbocycles. The Labute approximate surface area is 139 Å². The Hall–Kier alpha value is -1.10. The second kappa shape index (κ2) is 6.42. The van der Waals surface area contributed by atoms with Crippen LogP contribution in [0.4, 0.5) is 0 Å². The number of rotatable bonds is 6. The summed E-state index contributed by atoms with van der Waals surface area (Å²) in [5.41, 5.74) is 0.612. The van der Waals surface area contributed by atoms with E-state index in [0.29, 0.717) is 24.4 Å². The number of hydrogen-bond donors (Lipinski definition) is 2. The fourth-order valence-electron chi connectivity index (χ4n) is 4.88. The van der Waals surface area contributed by atoms with Gasteiger partial charge in [-0.2, -0.15) is 0 Å². The van der Waals surface area contributed by atoms with Crippen LogP contribution in [0, 0.1) is 16.7 Å². The summed E-state index contributed by atoms with van der Waals surface area (Å²) in [5, 5.41) is 12.0. The van der Waals surface area contributed by atoms with Crippen molar-refractivity contribution in [3.05, 3.63) is 0 Å². The summed E-state index contributed by atoms with van der Waals surface area (Å²) in [6.07, 6.45) is 3.93. The third-order valence-electron chi connectivity index (χ3n) is 5.21. The maximum absolute atomic E-state index is 12.3. The summed E-state index contributed by atoms with van der Waals surface area (Å²) in [4.78, 5) is 25.9. The molecule has 3 unspecified atom stereocenters. The Bertz CT molecular complexity index is 475. The van der Waals surface area contributed by atoms with Crippen LogP contribution in [0.3, 0.4) is 0 Å². The molecular formula is C18H32N2O3. The third kappa shape index (κ3) is 4.69. The van der Waals surface area contributed by atoms with Crippen molar-refractivity contribution < 1.29 is 14.7 Å². The molecule has 3 atom stereocenters. The standard InChI is InChI=1S/C18H32N2O3/c1-12(2)6-14(16(22)23)19-15(21)9-20-11-18(5)8-13(20)7-17(3,4)10-18/h12-14H,6-11H2,1-5H3,(H,19,21)(H,22,23). The van der Waals surface area contributed by atoms with Gasteiger partial charge in [0, 0.05) is 12.6 Å². The van der Waals surface area contributed by atoms with Crippen LogP contribution >= 0.6 is 0 Å². The second-order valence-corrected chi connectivity index (χ2v) is 9.21. The molecule has 2 aliphatic rings. The van der Waals surface area contributed by atoms with Gasteiger partial charge >= 0.3 is 5.97 Å². The SMILES string of the molecule is CC(C)CC(NC(=O)CN1CC2(C)CC1CC(C)(C)C2)C(=O)O. The number of carboxylic acids is 1. The Morgan fingerprint density at radius 2 is 1.91 bits per heavy atom. The highest BCUT2D eigenvalue weighted by Crippen LogP contribution is 2.52. The van der Waals surface area contributed by atoms with E-state index in [2.05, 4.69) is 31.0 Å². The highest BCUT2D eigenvalue weighted by atomic mass is 16.4. The minimum atomic E-state index is -0.944. The molecule has 5 heteroatoms. The van der Waals surface area contributed by atoms with Gasteiger partial charge in [-0.15, -0.1) is 0 Å². The molecule has 1 aliphatic heterocycles. The number of amides is 1. The molecule has 5 nitrogen and oxygen atoms in total. The van der Waals surface area contributed by atoms with Gasteiger partial charge in [0.15, 0.2) is 0 Å². The first-order chi connectivity index (χ1) is 10.5. The quantitative estimate of drug-likeness (QED) is 0.787. The van der Waals surface area contributed by atoms with Crippen molar-refractivity contribution in [2.75, 3.05) is 13.1 Å². The fourth-order valence-corrected chi connectivity index (χ4v) is 4.88. The first-order valence-corrected chi connectivity index (χ1v) is 8.76. The van der Waals surface area contributed by atoms with E-state index < -0.39 is 12.0 Å². The van der Waals surface area contributed by atoms with Crippen molar-refractivity contribution in [1.82, 2.24) is 10.2 Å². The lowest BCUT2D eigenvalue weighted by Crippen LogP contribution is -2.47. The lowest BCUT2D eigenvalue weighted by molar-refractivity contribution is -0.142. The van der Waals surface area contributed by atoms with E-state index in [1.165, 1.54) is 6.42 Å². The van der Waals surface area contributed by atoms with E-state index in [9.17, 15) is 14.7 Å². The predicted molar refractivity (Wildman–Crippen MR) is 90.1 cm³/mol. The van der Waals surface area contributed by atoms with Gasteiger partial charge in [-0.3, -0.25) is 9.69 Å².